The fourth-order valence-corrected chi connectivity index (χ4v) is 3.68. The van der Waals surface area contributed by atoms with Crippen molar-refractivity contribution in [1.29, 1.82) is 0 Å². The Balaban J connectivity index is 1.93. The van der Waals surface area contributed by atoms with E-state index in [0.29, 0.717) is 11.8 Å². The summed E-state index contributed by atoms with van der Waals surface area (Å²) in [4.78, 5) is 0. The summed E-state index contributed by atoms with van der Waals surface area (Å²) in [6.07, 6.45) is 10.0. The van der Waals surface area contributed by atoms with E-state index < -0.39 is 0 Å². The molecule has 0 aromatic rings. The number of hydrogen-bond donors (Lipinski definition) is 1. The topological polar surface area (TPSA) is 20.2 Å². The Bertz CT molecular complexity index is 199. The third-order valence-electron chi connectivity index (χ3n) is 4.21. The van der Waals surface area contributed by atoms with Gasteiger partial charge >= 0.3 is 0 Å². The lowest BCUT2D eigenvalue weighted by molar-refractivity contribution is 0.127. The molecule has 0 aromatic carbocycles. The summed E-state index contributed by atoms with van der Waals surface area (Å²) < 4.78 is 0. The van der Waals surface area contributed by atoms with Crippen LogP contribution in [0.25, 0.3) is 0 Å². The van der Waals surface area contributed by atoms with Gasteiger partial charge in [0.25, 0.3) is 0 Å². The van der Waals surface area contributed by atoms with Crippen LogP contribution in [0, 0.1) is 23.7 Å². The van der Waals surface area contributed by atoms with Gasteiger partial charge in [-0.3, -0.25) is 0 Å². The molecule has 0 amide bonds. The summed E-state index contributed by atoms with van der Waals surface area (Å²) in [5, 5.41) is 9.90. The third-order valence-corrected chi connectivity index (χ3v) is 4.21. The van der Waals surface area contributed by atoms with Gasteiger partial charge in [-0.1, -0.05) is 25.0 Å². The van der Waals surface area contributed by atoms with Crippen molar-refractivity contribution in [1.82, 2.24) is 0 Å². The van der Waals surface area contributed by atoms with E-state index in [-0.39, 0.29) is 6.10 Å². The molecule has 0 aliphatic heterocycles. The van der Waals surface area contributed by atoms with E-state index in [4.69, 9.17) is 0 Å². The predicted octanol–water partition coefficient (Wildman–Crippen LogP) is 1.97. The molecule has 66 valence electrons. The van der Waals surface area contributed by atoms with E-state index in [2.05, 4.69) is 12.2 Å². The third kappa shape index (κ3) is 0.731. The maximum atomic E-state index is 9.90. The molecule has 0 spiro atoms. The van der Waals surface area contributed by atoms with E-state index >= 15 is 0 Å². The van der Waals surface area contributed by atoms with Crippen molar-refractivity contribution in [3.8, 4) is 0 Å². The quantitative estimate of drug-likeness (QED) is 0.543. The fraction of sp³-hybridized carbons (Fsp3) is 0.818. The van der Waals surface area contributed by atoms with E-state index in [1.54, 1.807) is 0 Å². The Morgan fingerprint density at radius 1 is 0.917 bits per heavy atom. The standard InChI is InChI=1S/C11H16O/c12-11-9-5-6-10(11)8-4-2-1-3-7(8)9/h5-12H,1-4H2. The van der Waals surface area contributed by atoms with Gasteiger partial charge in [0.05, 0.1) is 6.10 Å². The summed E-state index contributed by atoms with van der Waals surface area (Å²) in [5.74, 6) is 2.73. The second-order valence-electron chi connectivity index (χ2n) is 4.64. The molecule has 4 atom stereocenters. The van der Waals surface area contributed by atoms with Crippen LogP contribution in [0.2, 0.25) is 0 Å². The first-order chi connectivity index (χ1) is 5.88. The zero-order valence-corrected chi connectivity index (χ0v) is 7.32. The van der Waals surface area contributed by atoms with Crippen molar-refractivity contribution < 1.29 is 5.11 Å². The summed E-state index contributed by atoms with van der Waals surface area (Å²) in [5.41, 5.74) is 0. The predicted molar refractivity (Wildman–Crippen MR) is 47.6 cm³/mol. The molecular formula is C11H16O. The van der Waals surface area contributed by atoms with Crippen LogP contribution >= 0.6 is 0 Å². The molecule has 1 heteroatoms. The fourth-order valence-electron chi connectivity index (χ4n) is 3.68. The average molecular weight is 164 g/mol. The van der Waals surface area contributed by atoms with Crippen LogP contribution in [0.1, 0.15) is 25.7 Å². The highest BCUT2D eigenvalue weighted by molar-refractivity contribution is 5.18. The van der Waals surface area contributed by atoms with Crippen LogP contribution in [0.15, 0.2) is 12.2 Å². The molecule has 1 N–H and O–H groups in total. The summed E-state index contributed by atoms with van der Waals surface area (Å²) in [7, 11) is 0. The SMILES string of the molecule is OC1C2C=CC1C1CCCCC21. The smallest absolute Gasteiger partial charge is 0.0670 e. The Morgan fingerprint density at radius 2 is 1.42 bits per heavy atom. The number of aliphatic hydroxyl groups is 1. The lowest BCUT2D eigenvalue weighted by Gasteiger charge is -2.31. The lowest BCUT2D eigenvalue weighted by Crippen LogP contribution is -2.22. The van der Waals surface area contributed by atoms with Crippen molar-refractivity contribution in [3.05, 3.63) is 12.2 Å². The van der Waals surface area contributed by atoms with E-state index in [9.17, 15) is 5.11 Å². The Kier molecular flexibility index (Phi) is 1.40. The summed E-state index contributed by atoms with van der Waals surface area (Å²) >= 11 is 0. The van der Waals surface area contributed by atoms with Crippen LogP contribution in [-0.4, -0.2) is 11.2 Å². The van der Waals surface area contributed by atoms with Crippen LogP contribution < -0.4 is 0 Å². The van der Waals surface area contributed by atoms with Gasteiger partial charge < -0.3 is 5.11 Å². The van der Waals surface area contributed by atoms with Crippen molar-refractivity contribution >= 4 is 0 Å². The number of aliphatic hydroxyl groups excluding tert-OH is 1. The molecule has 2 fully saturated rings. The van der Waals surface area contributed by atoms with Gasteiger partial charge in [0.2, 0.25) is 0 Å². The van der Waals surface area contributed by atoms with E-state index in [1.807, 2.05) is 0 Å². The Morgan fingerprint density at radius 3 is 1.92 bits per heavy atom. The van der Waals surface area contributed by atoms with Gasteiger partial charge in [-0.15, -0.1) is 0 Å². The van der Waals surface area contributed by atoms with Gasteiger partial charge in [0, 0.05) is 11.8 Å². The maximum Gasteiger partial charge on any atom is 0.0670 e. The molecule has 3 aliphatic carbocycles. The largest absolute Gasteiger partial charge is 0.392 e. The Labute approximate surface area is 73.5 Å². The first-order valence-corrected chi connectivity index (χ1v) is 5.24. The molecule has 0 heterocycles. The molecule has 0 saturated heterocycles. The molecule has 3 aliphatic rings. The zero-order valence-electron chi connectivity index (χ0n) is 7.32. The van der Waals surface area contributed by atoms with Gasteiger partial charge in [-0.05, 0) is 24.7 Å². The molecule has 2 bridgehead atoms. The van der Waals surface area contributed by atoms with Crippen LogP contribution in [0.5, 0.6) is 0 Å². The molecule has 3 rings (SSSR count). The lowest BCUT2D eigenvalue weighted by atomic mass is 9.73. The van der Waals surface area contributed by atoms with Gasteiger partial charge in [0.15, 0.2) is 0 Å². The maximum absolute atomic E-state index is 9.90. The molecule has 2 saturated carbocycles. The summed E-state index contributed by atoms with van der Waals surface area (Å²) in [6.45, 7) is 0. The molecule has 12 heavy (non-hydrogen) atoms. The summed E-state index contributed by atoms with van der Waals surface area (Å²) in [6, 6.07) is 0. The zero-order chi connectivity index (χ0) is 8.13. The second kappa shape index (κ2) is 2.35. The first-order valence-electron chi connectivity index (χ1n) is 5.24. The second-order valence-corrected chi connectivity index (χ2v) is 4.64. The van der Waals surface area contributed by atoms with Crippen molar-refractivity contribution in [2.24, 2.45) is 23.7 Å². The molecule has 4 unspecified atom stereocenters. The minimum absolute atomic E-state index is 0.0156. The van der Waals surface area contributed by atoms with E-state index in [1.165, 1.54) is 25.7 Å². The minimum atomic E-state index is -0.0156. The van der Waals surface area contributed by atoms with Crippen LogP contribution in [0.3, 0.4) is 0 Å². The Hall–Kier alpha value is -0.300. The van der Waals surface area contributed by atoms with E-state index in [0.717, 1.165) is 11.8 Å². The molecule has 1 nitrogen and oxygen atoms in total. The van der Waals surface area contributed by atoms with Gasteiger partial charge in [-0.25, -0.2) is 0 Å². The van der Waals surface area contributed by atoms with Crippen LogP contribution in [-0.2, 0) is 0 Å². The molecular weight excluding hydrogens is 148 g/mol. The van der Waals surface area contributed by atoms with Gasteiger partial charge in [-0.2, -0.15) is 0 Å². The minimum Gasteiger partial charge on any atom is -0.392 e. The molecule has 0 radical (unpaired) electrons. The highest BCUT2D eigenvalue weighted by Gasteiger charge is 2.50. The van der Waals surface area contributed by atoms with Crippen molar-refractivity contribution in [2.45, 2.75) is 31.8 Å². The van der Waals surface area contributed by atoms with Crippen molar-refractivity contribution in [3.63, 3.8) is 0 Å². The number of fused-ring (bicyclic) bond motifs is 5. The monoisotopic (exact) mass is 164 g/mol. The normalized spacial score (nSPS) is 55.9. The first kappa shape index (κ1) is 7.14. The highest BCUT2D eigenvalue weighted by atomic mass is 16.3. The van der Waals surface area contributed by atoms with Crippen LogP contribution in [0.4, 0.5) is 0 Å². The molecule has 0 aromatic heterocycles. The number of rotatable bonds is 0. The van der Waals surface area contributed by atoms with Crippen molar-refractivity contribution in [2.75, 3.05) is 0 Å². The highest BCUT2D eigenvalue weighted by Crippen LogP contribution is 2.53. The van der Waals surface area contributed by atoms with Gasteiger partial charge in [0.1, 0.15) is 0 Å². The average Bonchev–Trinajstić information content (AvgIpc) is 2.61. The number of hydrogen-bond acceptors (Lipinski definition) is 1.